The van der Waals surface area contributed by atoms with Crippen LogP contribution in [0.5, 0.6) is 11.5 Å². The Hall–Kier alpha value is -4.13. The van der Waals surface area contributed by atoms with Gasteiger partial charge in [0.15, 0.2) is 17.3 Å². The third kappa shape index (κ3) is 4.62. The number of carbonyl (C=O) groups excluding carboxylic acids is 1. The molecule has 2 heterocycles. The molecule has 0 atom stereocenters. The minimum atomic E-state index is -0.278. The normalized spacial score (nSPS) is 11.1. The number of pyridine rings is 1. The average Bonchev–Trinajstić information content (AvgIpc) is 3.18. The van der Waals surface area contributed by atoms with E-state index >= 15 is 0 Å². The van der Waals surface area contributed by atoms with Crippen molar-refractivity contribution in [2.24, 2.45) is 0 Å². The Morgan fingerprint density at radius 1 is 1.09 bits per heavy atom. The molecule has 2 aromatic heterocycles. The smallest absolute Gasteiger partial charge is 0.249 e. The van der Waals surface area contributed by atoms with E-state index in [2.05, 4.69) is 15.4 Å². The Bertz CT molecular complexity index is 1290. The Labute approximate surface area is 186 Å². The summed E-state index contributed by atoms with van der Waals surface area (Å²) in [5.41, 5.74) is 2.46. The molecule has 0 saturated heterocycles. The highest BCUT2D eigenvalue weighted by Crippen LogP contribution is 2.28. The van der Waals surface area contributed by atoms with Crippen LogP contribution in [-0.4, -0.2) is 34.4 Å². The van der Waals surface area contributed by atoms with Gasteiger partial charge in [0.2, 0.25) is 5.91 Å². The van der Waals surface area contributed by atoms with Crippen LogP contribution < -0.4 is 14.8 Å². The van der Waals surface area contributed by atoms with Gasteiger partial charge in [-0.25, -0.2) is 4.98 Å². The van der Waals surface area contributed by atoms with Crippen LogP contribution in [0.25, 0.3) is 22.8 Å². The van der Waals surface area contributed by atoms with Crippen molar-refractivity contribution in [1.82, 2.24) is 14.8 Å². The predicted molar refractivity (Wildman–Crippen MR) is 125 cm³/mol. The molecule has 0 radical (unpaired) electrons. The summed E-state index contributed by atoms with van der Waals surface area (Å²) in [5, 5.41) is 8.42. The number of para-hydroxylation sites is 1. The SMILES string of the molecule is CCOc1ccc(/C=C/C(=O)Nc2cc(C)nn2-c2ccc3ccccc3n2)cc1OC. The molecule has 4 rings (SSSR count). The third-order valence-electron chi connectivity index (χ3n) is 4.80. The van der Waals surface area contributed by atoms with Crippen molar-refractivity contribution in [2.75, 3.05) is 19.0 Å². The molecule has 2 aromatic carbocycles. The second-order valence-electron chi connectivity index (χ2n) is 7.11. The molecule has 0 aliphatic heterocycles. The molecule has 1 amide bonds. The van der Waals surface area contributed by atoms with E-state index in [1.165, 1.54) is 6.08 Å². The fraction of sp³-hybridized carbons (Fsp3) is 0.160. The number of rotatable bonds is 7. The number of fused-ring (bicyclic) bond motifs is 1. The largest absolute Gasteiger partial charge is 0.493 e. The zero-order valence-electron chi connectivity index (χ0n) is 18.2. The van der Waals surface area contributed by atoms with E-state index in [-0.39, 0.29) is 5.91 Å². The Morgan fingerprint density at radius 3 is 2.75 bits per heavy atom. The molecule has 0 bridgehead atoms. The minimum absolute atomic E-state index is 0.278. The molecule has 1 N–H and O–H groups in total. The number of benzene rings is 2. The molecule has 32 heavy (non-hydrogen) atoms. The summed E-state index contributed by atoms with van der Waals surface area (Å²) in [5.74, 6) is 2.18. The maximum atomic E-state index is 12.6. The van der Waals surface area contributed by atoms with Crippen LogP contribution in [0.15, 0.2) is 66.7 Å². The van der Waals surface area contributed by atoms with Crippen molar-refractivity contribution >= 4 is 28.7 Å². The number of aryl methyl sites for hydroxylation is 1. The number of anilines is 1. The highest BCUT2D eigenvalue weighted by Gasteiger charge is 2.11. The maximum absolute atomic E-state index is 12.6. The minimum Gasteiger partial charge on any atom is -0.493 e. The number of ether oxygens (including phenoxy) is 2. The quantitative estimate of drug-likeness (QED) is 0.428. The zero-order chi connectivity index (χ0) is 22.5. The van der Waals surface area contributed by atoms with E-state index < -0.39 is 0 Å². The number of aromatic nitrogens is 3. The summed E-state index contributed by atoms with van der Waals surface area (Å²) < 4.78 is 12.5. The third-order valence-corrected chi connectivity index (χ3v) is 4.80. The van der Waals surface area contributed by atoms with Gasteiger partial charge in [-0.15, -0.1) is 0 Å². The molecule has 7 nitrogen and oxygen atoms in total. The molecule has 0 fully saturated rings. The lowest BCUT2D eigenvalue weighted by Crippen LogP contribution is -2.13. The second kappa shape index (κ2) is 9.34. The number of hydrogen-bond acceptors (Lipinski definition) is 5. The highest BCUT2D eigenvalue weighted by atomic mass is 16.5. The van der Waals surface area contributed by atoms with Crippen LogP contribution in [0.3, 0.4) is 0 Å². The van der Waals surface area contributed by atoms with Crippen LogP contribution >= 0.6 is 0 Å². The highest BCUT2D eigenvalue weighted by molar-refractivity contribution is 6.01. The molecular formula is C25H24N4O3. The van der Waals surface area contributed by atoms with Crippen LogP contribution in [0.1, 0.15) is 18.2 Å². The lowest BCUT2D eigenvalue weighted by atomic mass is 10.2. The van der Waals surface area contributed by atoms with Crippen LogP contribution in [-0.2, 0) is 4.79 Å². The van der Waals surface area contributed by atoms with Gasteiger partial charge in [0.05, 0.1) is 24.9 Å². The molecule has 0 aliphatic carbocycles. The van der Waals surface area contributed by atoms with Gasteiger partial charge in [-0.1, -0.05) is 24.3 Å². The molecular weight excluding hydrogens is 404 g/mol. The number of methoxy groups -OCH3 is 1. The van der Waals surface area contributed by atoms with Crippen LogP contribution in [0, 0.1) is 6.92 Å². The van der Waals surface area contributed by atoms with Crippen molar-refractivity contribution in [3.05, 3.63) is 78.0 Å². The monoisotopic (exact) mass is 428 g/mol. The molecule has 7 heteroatoms. The standard InChI is InChI=1S/C25H24N4O3/c1-4-32-21-12-9-18(16-22(21)31-3)10-14-25(30)27-24-15-17(2)28-29(24)23-13-11-19-7-5-6-8-20(19)26-23/h5-16H,4H2,1-3H3,(H,27,30)/b14-10+. The van der Waals surface area contributed by atoms with Gasteiger partial charge in [0, 0.05) is 17.5 Å². The zero-order valence-corrected chi connectivity index (χ0v) is 18.2. The van der Waals surface area contributed by atoms with Crippen molar-refractivity contribution in [1.29, 1.82) is 0 Å². The Kier molecular flexibility index (Phi) is 6.17. The summed E-state index contributed by atoms with van der Waals surface area (Å²) in [6.07, 6.45) is 3.19. The van der Waals surface area contributed by atoms with Crippen molar-refractivity contribution in [3.8, 4) is 17.3 Å². The first-order valence-corrected chi connectivity index (χ1v) is 10.3. The summed E-state index contributed by atoms with van der Waals surface area (Å²) in [6, 6.07) is 19.0. The fourth-order valence-corrected chi connectivity index (χ4v) is 3.34. The van der Waals surface area contributed by atoms with E-state index in [9.17, 15) is 4.79 Å². The first-order valence-electron chi connectivity index (χ1n) is 10.3. The van der Waals surface area contributed by atoms with Crippen molar-refractivity contribution in [3.63, 3.8) is 0 Å². The summed E-state index contributed by atoms with van der Waals surface area (Å²) in [7, 11) is 1.59. The number of carbonyl (C=O) groups is 1. The first kappa shape index (κ1) is 21.1. The number of amides is 1. The average molecular weight is 428 g/mol. The molecule has 0 saturated carbocycles. The fourth-order valence-electron chi connectivity index (χ4n) is 3.34. The maximum Gasteiger partial charge on any atom is 0.249 e. The summed E-state index contributed by atoms with van der Waals surface area (Å²) >= 11 is 0. The van der Waals surface area contributed by atoms with Gasteiger partial charge in [-0.3, -0.25) is 4.79 Å². The lowest BCUT2D eigenvalue weighted by molar-refractivity contribution is -0.111. The van der Waals surface area contributed by atoms with E-state index in [4.69, 9.17) is 9.47 Å². The van der Waals surface area contributed by atoms with Gasteiger partial charge in [0.25, 0.3) is 0 Å². The lowest BCUT2D eigenvalue weighted by Gasteiger charge is -2.09. The molecule has 0 aliphatic rings. The second-order valence-corrected chi connectivity index (χ2v) is 7.11. The van der Waals surface area contributed by atoms with Crippen molar-refractivity contribution in [2.45, 2.75) is 13.8 Å². The summed E-state index contributed by atoms with van der Waals surface area (Å²) in [6.45, 7) is 4.33. The molecule has 4 aromatic rings. The van der Waals surface area contributed by atoms with E-state index in [1.54, 1.807) is 17.9 Å². The molecule has 162 valence electrons. The first-order chi connectivity index (χ1) is 15.6. The Morgan fingerprint density at radius 2 is 1.94 bits per heavy atom. The molecule has 0 unspecified atom stereocenters. The Balaban J connectivity index is 1.54. The number of nitrogens with zero attached hydrogens (tertiary/aromatic N) is 3. The molecule has 0 spiro atoms. The van der Waals surface area contributed by atoms with E-state index in [1.807, 2.05) is 74.5 Å². The topological polar surface area (TPSA) is 78.3 Å². The summed E-state index contributed by atoms with van der Waals surface area (Å²) in [4.78, 5) is 17.3. The van der Waals surface area contributed by atoms with Gasteiger partial charge >= 0.3 is 0 Å². The predicted octanol–water partition coefficient (Wildman–Crippen LogP) is 4.79. The van der Waals surface area contributed by atoms with Crippen LogP contribution in [0.2, 0.25) is 0 Å². The van der Waals surface area contributed by atoms with Gasteiger partial charge in [0.1, 0.15) is 5.82 Å². The van der Waals surface area contributed by atoms with E-state index in [0.717, 1.165) is 22.2 Å². The van der Waals surface area contributed by atoms with Gasteiger partial charge in [-0.05, 0) is 55.8 Å². The van der Waals surface area contributed by atoms with Crippen molar-refractivity contribution < 1.29 is 14.3 Å². The van der Waals surface area contributed by atoms with E-state index in [0.29, 0.717) is 29.7 Å². The van der Waals surface area contributed by atoms with Gasteiger partial charge in [-0.2, -0.15) is 9.78 Å². The van der Waals surface area contributed by atoms with Gasteiger partial charge < -0.3 is 14.8 Å². The number of nitrogens with one attached hydrogen (secondary N) is 1. The van der Waals surface area contributed by atoms with Crippen LogP contribution in [0.4, 0.5) is 5.82 Å². The number of hydrogen-bond donors (Lipinski definition) is 1.